The van der Waals surface area contributed by atoms with E-state index in [1.165, 1.54) is 20.0 Å². The van der Waals surface area contributed by atoms with E-state index in [2.05, 4.69) is 5.32 Å². The SMILES string of the molecule is CNC1(C(=O)OC)CCC2CC21. The molecule has 0 spiro atoms. The first-order valence-corrected chi connectivity index (χ1v) is 4.52. The summed E-state index contributed by atoms with van der Waals surface area (Å²) in [7, 11) is 3.33. The molecule has 0 aromatic heterocycles. The maximum absolute atomic E-state index is 11.5. The molecule has 0 amide bonds. The number of ether oxygens (including phenoxy) is 1. The summed E-state index contributed by atoms with van der Waals surface area (Å²) in [6, 6.07) is 0. The number of likely N-dealkylation sites (N-methyl/N-ethyl adjacent to an activating group) is 1. The van der Waals surface area contributed by atoms with E-state index in [-0.39, 0.29) is 11.5 Å². The van der Waals surface area contributed by atoms with Crippen molar-refractivity contribution in [1.82, 2.24) is 5.32 Å². The highest BCUT2D eigenvalue weighted by Crippen LogP contribution is 2.57. The average molecular weight is 169 g/mol. The van der Waals surface area contributed by atoms with Gasteiger partial charge in [-0.25, -0.2) is 0 Å². The van der Waals surface area contributed by atoms with Crippen LogP contribution in [0.25, 0.3) is 0 Å². The number of fused-ring (bicyclic) bond motifs is 1. The molecule has 68 valence electrons. The van der Waals surface area contributed by atoms with Gasteiger partial charge >= 0.3 is 5.97 Å². The molecule has 2 aliphatic rings. The van der Waals surface area contributed by atoms with Crippen molar-refractivity contribution in [3.63, 3.8) is 0 Å². The lowest BCUT2D eigenvalue weighted by molar-refractivity contribution is -0.149. The van der Waals surface area contributed by atoms with E-state index in [4.69, 9.17) is 4.74 Å². The Labute approximate surface area is 72.5 Å². The number of esters is 1. The van der Waals surface area contributed by atoms with Crippen LogP contribution in [0, 0.1) is 11.8 Å². The van der Waals surface area contributed by atoms with Gasteiger partial charge in [0.15, 0.2) is 0 Å². The van der Waals surface area contributed by atoms with E-state index < -0.39 is 0 Å². The minimum absolute atomic E-state index is 0.0741. The molecule has 0 heterocycles. The van der Waals surface area contributed by atoms with Crippen molar-refractivity contribution < 1.29 is 9.53 Å². The number of hydrogen-bond acceptors (Lipinski definition) is 3. The van der Waals surface area contributed by atoms with Crippen molar-refractivity contribution in [2.24, 2.45) is 11.8 Å². The van der Waals surface area contributed by atoms with Crippen LogP contribution in [0.4, 0.5) is 0 Å². The molecule has 0 aliphatic heterocycles. The standard InChI is InChI=1S/C9H15NO2/c1-10-9(8(11)12-2)4-3-6-5-7(6)9/h6-7,10H,3-5H2,1-2H3. The van der Waals surface area contributed by atoms with E-state index in [9.17, 15) is 4.79 Å². The molecule has 12 heavy (non-hydrogen) atoms. The molecule has 0 aromatic carbocycles. The van der Waals surface area contributed by atoms with Crippen LogP contribution in [0.5, 0.6) is 0 Å². The number of rotatable bonds is 2. The van der Waals surface area contributed by atoms with Gasteiger partial charge in [0.05, 0.1) is 7.11 Å². The second-order valence-corrected chi connectivity index (χ2v) is 3.85. The monoisotopic (exact) mass is 169 g/mol. The second-order valence-electron chi connectivity index (χ2n) is 3.85. The highest BCUT2D eigenvalue weighted by Gasteiger charge is 2.61. The van der Waals surface area contributed by atoms with E-state index >= 15 is 0 Å². The van der Waals surface area contributed by atoms with Gasteiger partial charge in [-0.05, 0) is 38.1 Å². The van der Waals surface area contributed by atoms with Gasteiger partial charge in [-0.1, -0.05) is 0 Å². The van der Waals surface area contributed by atoms with Gasteiger partial charge in [-0.3, -0.25) is 4.79 Å². The van der Waals surface area contributed by atoms with E-state index in [1.54, 1.807) is 0 Å². The minimum Gasteiger partial charge on any atom is -0.468 e. The van der Waals surface area contributed by atoms with Gasteiger partial charge in [-0.15, -0.1) is 0 Å². The normalized spacial score (nSPS) is 43.8. The zero-order chi connectivity index (χ0) is 8.77. The lowest BCUT2D eigenvalue weighted by atomic mass is 9.93. The molecule has 3 nitrogen and oxygen atoms in total. The van der Waals surface area contributed by atoms with E-state index in [1.807, 2.05) is 7.05 Å². The van der Waals surface area contributed by atoms with Crippen LogP contribution < -0.4 is 5.32 Å². The average Bonchev–Trinajstić information content (AvgIpc) is 2.81. The Hall–Kier alpha value is -0.570. The zero-order valence-corrected chi connectivity index (χ0v) is 7.59. The van der Waals surface area contributed by atoms with Crippen molar-refractivity contribution in [2.45, 2.75) is 24.8 Å². The predicted octanol–water partition coefficient (Wildman–Crippen LogP) is 0.547. The summed E-state index contributed by atoms with van der Waals surface area (Å²) in [5.74, 6) is 1.27. The van der Waals surface area contributed by atoms with Gasteiger partial charge < -0.3 is 10.1 Å². The molecular formula is C9H15NO2. The van der Waals surface area contributed by atoms with Crippen LogP contribution in [0.1, 0.15) is 19.3 Å². The van der Waals surface area contributed by atoms with Gasteiger partial charge in [0, 0.05) is 0 Å². The van der Waals surface area contributed by atoms with Crippen LogP contribution in [-0.4, -0.2) is 25.7 Å². The largest absolute Gasteiger partial charge is 0.468 e. The van der Waals surface area contributed by atoms with Crippen molar-refractivity contribution in [2.75, 3.05) is 14.2 Å². The number of carbonyl (C=O) groups excluding carboxylic acids is 1. The highest BCUT2D eigenvalue weighted by atomic mass is 16.5. The molecule has 3 unspecified atom stereocenters. The highest BCUT2D eigenvalue weighted by molar-refractivity contribution is 5.82. The summed E-state index contributed by atoms with van der Waals surface area (Å²) >= 11 is 0. The fraction of sp³-hybridized carbons (Fsp3) is 0.889. The number of hydrogen-bond donors (Lipinski definition) is 1. The molecule has 2 aliphatic carbocycles. The molecule has 0 saturated heterocycles. The molecular weight excluding hydrogens is 154 g/mol. The molecule has 2 rings (SSSR count). The minimum atomic E-state index is -0.334. The van der Waals surface area contributed by atoms with Gasteiger partial charge in [0.25, 0.3) is 0 Å². The summed E-state index contributed by atoms with van der Waals surface area (Å²) in [6.07, 6.45) is 3.34. The maximum atomic E-state index is 11.5. The Morgan fingerprint density at radius 2 is 2.42 bits per heavy atom. The Morgan fingerprint density at radius 1 is 1.67 bits per heavy atom. The van der Waals surface area contributed by atoms with Crippen LogP contribution in [0.3, 0.4) is 0 Å². The van der Waals surface area contributed by atoms with Crippen molar-refractivity contribution in [1.29, 1.82) is 0 Å². The fourth-order valence-electron chi connectivity index (χ4n) is 2.62. The summed E-state index contributed by atoms with van der Waals surface area (Å²) in [5, 5.41) is 3.14. The Balaban J connectivity index is 2.18. The van der Waals surface area contributed by atoms with Gasteiger partial charge in [0.1, 0.15) is 5.54 Å². The molecule has 3 heteroatoms. The molecule has 2 saturated carbocycles. The smallest absolute Gasteiger partial charge is 0.326 e. The van der Waals surface area contributed by atoms with Crippen molar-refractivity contribution in [3.05, 3.63) is 0 Å². The van der Waals surface area contributed by atoms with E-state index in [0.717, 1.165) is 12.3 Å². The first-order valence-electron chi connectivity index (χ1n) is 4.52. The molecule has 0 radical (unpaired) electrons. The summed E-state index contributed by atoms with van der Waals surface area (Å²) < 4.78 is 4.82. The molecule has 2 fully saturated rings. The lowest BCUT2D eigenvalue weighted by Crippen LogP contribution is -2.51. The van der Waals surface area contributed by atoms with Crippen molar-refractivity contribution >= 4 is 5.97 Å². The molecule has 3 atom stereocenters. The van der Waals surface area contributed by atoms with Gasteiger partial charge in [-0.2, -0.15) is 0 Å². The first kappa shape index (κ1) is 8.05. The summed E-state index contributed by atoms with van der Waals surface area (Å²) in [5.41, 5.74) is -0.334. The fourth-order valence-corrected chi connectivity index (χ4v) is 2.62. The number of nitrogens with one attached hydrogen (secondary N) is 1. The number of carbonyl (C=O) groups is 1. The van der Waals surface area contributed by atoms with E-state index in [0.29, 0.717) is 5.92 Å². The summed E-state index contributed by atoms with van der Waals surface area (Å²) in [4.78, 5) is 11.5. The molecule has 0 aromatic rings. The van der Waals surface area contributed by atoms with Crippen molar-refractivity contribution in [3.8, 4) is 0 Å². The third-order valence-electron chi connectivity index (χ3n) is 3.46. The van der Waals surface area contributed by atoms with Crippen LogP contribution in [0.2, 0.25) is 0 Å². The number of methoxy groups -OCH3 is 1. The Morgan fingerprint density at radius 3 is 2.75 bits per heavy atom. The first-order chi connectivity index (χ1) is 5.74. The van der Waals surface area contributed by atoms with Crippen LogP contribution in [-0.2, 0) is 9.53 Å². The Kier molecular flexibility index (Phi) is 1.65. The molecule has 1 N–H and O–H groups in total. The zero-order valence-electron chi connectivity index (χ0n) is 7.59. The topological polar surface area (TPSA) is 38.3 Å². The van der Waals surface area contributed by atoms with Gasteiger partial charge in [0.2, 0.25) is 0 Å². The second kappa shape index (κ2) is 2.46. The Bertz CT molecular complexity index is 217. The summed E-state index contributed by atoms with van der Waals surface area (Å²) in [6.45, 7) is 0. The molecule has 0 bridgehead atoms. The quantitative estimate of drug-likeness (QED) is 0.613. The van der Waals surface area contributed by atoms with Crippen LogP contribution >= 0.6 is 0 Å². The predicted molar refractivity (Wildman–Crippen MR) is 44.6 cm³/mol. The van der Waals surface area contributed by atoms with Crippen LogP contribution in [0.15, 0.2) is 0 Å². The lowest BCUT2D eigenvalue weighted by Gasteiger charge is -2.27. The third kappa shape index (κ3) is 0.829. The third-order valence-corrected chi connectivity index (χ3v) is 3.46. The maximum Gasteiger partial charge on any atom is 0.326 e.